The normalized spacial score (nSPS) is 12.9. The topological polar surface area (TPSA) is 91.8 Å². The number of amides is 3. The SMILES string of the molecule is COc1ccc(CN2C(=O)c3ccc(C(=O)Nc4nc(CN(C)C)cs4)cc3C2=O)cc1. The van der Waals surface area contributed by atoms with E-state index in [1.807, 2.05) is 24.4 Å². The Morgan fingerprint density at radius 1 is 1.09 bits per heavy atom. The molecule has 4 rings (SSSR count). The largest absolute Gasteiger partial charge is 0.497 e. The molecule has 3 amide bonds. The summed E-state index contributed by atoms with van der Waals surface area (Å²) in [6, 6.07) is 11.7. The quantitative estimate of drug-likeness (QED) is 0.556. The first-order chi connectivity index (χ1) is 15.4. The number of imide groups is 1. The van der Waals surface area contributed by atoms with Crippen molar-refractivity contribution in [3.8, 4) is 5.75 Å². The summed E-state index contributed by atoms with van der Waals surface area (Å²) >= 11 is 1.34. The zero-order valence-electron chi connectivity index (χ0n) is 17.9. The van der Waals surface area contributed by atoms with Crippen LogP contribution in [0.3, 0.4) is 0 Å². The van der Waals surface area contributed by atoms with Gasteiger partial charge in [0.15, 0.2) is 5.13 Å². The van der Waals surface area contributed by atoms with Crippen molar-refractivity contribution in [3.63, 3.8) is 0 Å². The molecule has 0 fully saturated rings. The lowest BCUT2D eigenvalue weighted by Crippen LogP contribution is -2.29. The lowest BCUT2D eigenvalue weighted by atomic mass is 10.1. The van der Waals surface area contributed by atoms with Crippen molar-refractivity contribution in [1.29, 1.82) is 0 Å². The molecule has 1 aliphatic rings. The first kappa shape index (κ1) is 21.7. The molecule has 0 atom stereocenters. The van der Waals surface area contributed by atoms with Gasteiger partial charge < -0.3 is 9.64 Å². The third kappa shape index (κ3) is 4.39. The predicted molar refractivity (Wildman–Crippen MR) is 121 cm³/mol. The number of methoxy groups -OCH3 is 1. The molecule has 8 nitrogen and oxygen atoms in total. The Balaban J connectivity index is 1.49. The van der Waals surface area contributed by atoms with Gasteiger partial charge in [-0.3, -0.25) is 24.6 Å². The smallest absolute Gasteiger partial charge is 0.261 e. The Morgan fingerprint density at radius 3 is 2.50 bits per heavy atom. The number of nitrogens with zero attached hydrogens (tertiary/aromatic N) is 3. The lowest BCUT2D eigenvalue weighted by molar-refractivity contribution is 0.0642. The van der Waals surface area contributed by atoms with Crippen molar-refractivity contribution < 1.29 is 19.1 Å². The number of aromatic nitrogens is 1. The van der Waals surface area contributed by atoms with Crippen LogP contribution in [-0.4, -0.2) is 53.7 Å². The van der Waals surface area contributed by atoms with Crippen molar-refractivity contribution in [2.24, 2.45) is 0 Å². The molecule has 3 aromatic rings. The minimum absolute atomic E-state index is 0.144. The van der Waals surface area contributed by atoms with Crippen molar-refractivity contribution in [2.45, 2.75) is 13.1 Å². The fourth-order valence-corrected chi connectivity index (χ4v) is 4.12. The highest BCUT2D eigenvalue weighted by Gasteiger charge is 2.36. The van der Waals surface area contributed by atoms with E-state index in [0.717, 1.165) is 11.3 Å². The molecule has 9 heteroatoms. The van der Waals surface area contributed by atoms with Crippen LogP contribution in [0.2, 0.25) is 0 Å². The van der Waals surface area contributed by atoms with Gasteiger partial charge in [0.25, 0.3) is 17.7 Å². The predicted octanol–water partition coefficient (Wildman–Crippen LogP) is 3.26. The molecule has 2 heterocycles. The zero-order valence-corrected chi connectivity index (χ0v) is 18.7. The highest BCUT2D eigenvalue weighted by atomic mass is 32.1. The Labute approximate surface area is 189 Å². The van der Waals surface area contributed by atoms with E-state index in [4.69, 9.17) is 4.74 Å². The van der Waals surface area contributed by atoms with Crippen molar-refractivity contribution in [3.05, 3.63) is 75.8 Å². The van der Waals surface area contributed by atoms with Gasteiger partial charge in [0, 0.05) is 17.5 Å². The van der Waals surface area contributed by atoms with Gasteiger partial charge in [0.05, 0.1) is 30.5 Å². The number of hydrogen-bond donors (Lipinski definition) is 1. The molecular weight excluding hydrogens is 428 g/mol. The van der Waals surface area contributed by atoms with Crippen LogP contribution in [0, 0.1) is 0 Å². The molecule has 0 bridgehead atoms. The third-order valence-electron chi connectivity index (χ3n) is 4.98. The number of benzene rings is 2. The molecule has 164 valence electrons. The Kier molecular flexibility index (Phi) is 6.02. The average Bonchev–Trinajstić information content (AvgIpc) is 3.31. The number of carbonyl (C=O) groups excluding carboxylic acids is 3. The second-order valence-corrected chi connectivity index (χ2v) is 8.50. The van der Waals surface area contributed by atoms with Crippen LogP contribution in [0.15, 0.2) is 47.8 Å². The van der Waals surface area contributed by atoms with Crippen LogP contribution in [0.25, 0.3) is 0 Å². The highest BCUT2D eigenvalue weighted by molar-refractivity contribution is 7.14. The van der Waals surface area contributed by atoms with Crippen molar-refractivity contribution in [2.75, 3.05) is 26.5 Å². The summed E-state index contributed by atoms with van der Waals surface area (Å²) < 4.78 is 5.14. The molecule has 0 aliphatic carbocycles. The standard InChI is InChI=1S/C23H22N4O4S/c1-26(2)12-16-13-32-23(24-16)25-20(28)15-6-9-18-19(10-15)22(30)27(21(18)29)11-14-4-7-17(31-3)8-5-14/h4-10,13H,11-12H2,1-3H3,(H,24,25,28). The van der Waals surface area contributed by atoms with Crippen LogP contribution in [0.1, 0.15) is 42.3 Å². The van der Waals surface area contributed by atoms with E-state index in [9.17, 15) is 14.4 Å². The maximum atomic E-state index is 12.9. The van der Waals surface area contributed by atoms with E-state index >= 15 is 0 Å². The molecule has 32 heavy (non-hydrogen) atoms. The van der Waals surface area contributed by atoms with Crippen LogP contribution in [0.5, 0.6) is 5.75 Å². The summed E-state index contributed by atoms with van der Waals surface area (Å²) in [7, 11) is 5.46. The minimum atomic E-state index is -0.419. The van der Waals surface area contributed by atoms with Gasteiger partial charge in [-0.15, -0.1) is 11.3 Å². The van der Waals surface area contributed by atoms with Gasteiger partial charge >= 0.3 is 0 Å². The lowest BCUT2D eigenvalue weighted by Gasteiger charge is -2.14. The van der Waals surface area contributed by atoms with E-state index in [2.05, 4.69) is 10.3 Å². The summed E-state index contributed by atoms with van der Waals surface area (Å²) in [5.41, 5.74) is 2.47. The average molecular weight is 451 g/mol. The van der Waals surface area contributed by atoms with Crippen molar-refractivity contribution >= 4 is 34.2 Å². The summed E-state index contributed by atoms with van der Waals surface area (Å²) in [6.07, 6.45) is 0. The van der Waals surface area contributed by atoms with Crippen LogP contribution >= 0.6 is 11.3 Å². The van der Waals surface area contributed by atoms with Gasteiger partial charge in [0.2, 0.25) is 0 Å². The Hall–Kier alpha value is -3.56. The fraction of sp³-hybridized carbons (Fsp3) is 0.217. The first-order valence-corrected chi connectivity index (χ1v) is 10.8. The zero-order chi connectivity index (χ0) is 22.8. The number of nitrogens with one attached hydrogen (secondary N) is 1. The molecule has 0 spiro atoms. The van der Waals surface area contributed by atoms with Gasteiger partial charge in [-0.2, -0.15) is 0 Å². The molecular formula is C23H22N4O4S. The van der Waals surface area contributed by atoms with Crippen molar-refractivity contribution in [1.82, 2.24) is 14.8 Å². The molecule has 1 aromatic heterocycles. The number of fused-ring (bicyclic) bond motifs is 1. The van der Waals surface area contributed by atoms with Gasteiger partial charge in [-0.05, 0) is 50.0 Å². The fourth-order valence-electron chi connectivity index (χ4n) is 3.42. The van der Waals surface area contributed by atoms with Gasteiger partial charge in [0.1, 0.15) is 5.75 Å². The highest BCUT2D eigenvalue weighted by Crippen LogP contribution is 2.27. The minimum Gasteiger partial charge on any atom is -0.497 e. The number of anilines is 1. The molecule has 0 radical (unpaired) electrons. The second-order valence-electron chi connectivity index (χ2n) is 7.64. The summed E-state index contributed by atoms with van der Waals surface area (Å²) in [6.45, 7) is 0.817. The number of carbonyl (C=O) groups is 3. The van der Waals surface area contributed by atoms with E-state index in [-0.39, 0.29) is 23.9 Å². The summed E-state index contributed by atoms with van der Waals surface area (Å²) in [5, 5.41) is 5.13. The number of thiazole rings is 1. The van der Waals surface area contributed by atoms with Gasteiger partial charge in [-0.1, -0.05) is 12.1 Å². The summed E-state index contributed by atoms with van der Waals surface area (Å²) in [5.74, 6) is -0.479. The number of rotatable bonds is 7. The molecule has 0 saturated carbocycles. The molecule has 1 aliphatic heterocycles. The third-order valence-corrected chi connectivity index (χ3v) is 5.79. The maximum Gasteiger partial charge on any atom is 0.261 e. The Bertz CT molecular complexity index is 1190. The maximum absolute atomic E-state index is 12.9. The van der Waals surface area contributed by atoms with E-state index in [1.54, 1.807) is 37.4 Å². The van der Waals surface area contributed by atoms with Crippen LogP contribution < -0.4 is 10.1 Å². The van der Waals surface area contributed by atoms with Crippen LogP contribution in [0.4, 0.5) is 5.13 Å². The molecule has 2 aromatic carbocycles. The van der Waals surface area contributed by atoms with E-state index < -0.39 is 5.91 Å². The number of hydrogen-bond acceptors (Lipinski definition) is 7. The molecule has 1 N–H and O–H groups in total. The molecule has 0 unspecified atom stereocenters. The second kappa shape index (κ2) is 8.89. The monoisotopic (exact) mass is 450 g/mol. The first-order valence-electron chi connectivity index (χ1n) is 9.89. The molecule has 0 saturated heterocycles. The Morgan fingerprint density at radius 2 is 1.81 bits per heavy atom. The van der Waals surface area contributed by atoms with E-state index in [0.29, 0.717) is 28.6 Å². The van der Waals surface area contributed by atoms with E-state index in [1.165, 1.54) is 28.4 Å². The van der Waals surface area contributed by atoms with Gasteiger partial charge in [-0.25, -0.2) is 4.98 Å². The van der Waals surface area contributed by atoms with Crippen LogP contribution in [-0.2, 0) is 13.1 Å². The number of ether oxygens (including phenoxy) is 1. The summed E-state index contributed by atoms with van der Waals surface area (Å²) in [4.78, 5) is 45.9.